The summed E-state index contributed by atoms with van der Waals surface area (Å²) in [7, 11) is 0. The molecule has 1 atom stereocenters. The van der Waals surface area contributed by atoms with Crippen LogP contribution >= 0.6 is 0 Å². The van der Waals surface area contributed by atoms with Crippen LogP contribution < -0.4 is 17.3 Å². The minimum Gasteiger partial charge on any atom is -1.00 e. The van der Waals surface area contributed by atoms with Crippen LogP contribution in [0.3, 0.4) is 0 Å². The van der Waals surface area contributed by atoms with E-state index in [1.54, 1.807) is 0 Å². The van der Waals surface area contributed by atoms with Gasteiger partial charge in [-0.25, -0.2) is 0 Å². The molecule has 0 spiro atoms. The Bertz CT molecular complexity index is 359. The SMILES string of the molecule is CC[NH+](CC)CCN1C(=O)C(C)C=C(C)C=C1C.[Cl-]. The van der Waals surface area contributed by atoms with Crippen molar-refractivity contribution in [2.45, 2.75) is 34.6 Å². The standard InChI is InChI=1S/C15H26N2O.ClH/c1-6-16(7-2)8-9-17-14(5)11-12(3)10-13(4)15(17)18;/h10-11,13H,6-9H2,1-5H3;1H. The summed E-state index contributed by atoms with van der Waals surface area (Å²) < 4.78 is 0. The number of likely N-dealkylation sites (N-methyl/N-ethyl adjacent to an activating group) is 1. The average Bonchev–Trinajstić information content (AvgIpc) is 2.41. The van der Waals surface area contributed by atoms with Crippen molar-refractivity contribution < 1.29 is 22.1 Å². The van der Waals surface area contributed by atoms with Crippen LogP contribution in [0.15, 0.2) is 23.4 Å². The van der Waals surface area contributed by atoms with Crippen LogP contribution in [-0.2, 0) is 4.79 Å². The predicted molar refractivity (Wildman–Crippen MR) is 75.3 cm³/mol. The Morgan fingerprint density at radius 3 is 2.37 bits per heavy atom. The predicted octanol–water partition coefficient (Wildman–Crippen LogP) is -1.76. The van der Waals surface area contributed by atoms with Gasteiger partial charge in [-0.1, -0.05) is 18.6 Å². The monoisotopic (exact) mass is 286 g/mol. The number of nitrogens with zero attached hydrogens (tertiary/aromatic N) is 1. The highest BCUT2D eigenvalue weighted by Gasteiger charge is 2.23. The Kier molecular flexibility index (Phi) is 8.03. The first-order valence-electron chi connectivity index (χ1n) is 7.01. The Labute approximate surface area is 123 Å². The third-order valence-corrected chi connectivity index (χ3v) is 3.72. The second-order valence-electron chi connectivity index (χ2n) is 5.18. The fraction of sp³-hybridized carbons (Fsp3) is 0.667. The van der Waals surface area contributed by atoms with Gasteiger partial charge >= 0.3 is 0 Å². The Morgan fingerprint density at radius 1 is 1.26 bits per heavy atom. The first-order valence-corrected chi connectivity index (χ1v) is 7.01. The lowest BCUT2D eigenvalue weighted by atomic mass is 10.1. The molecule has 1 unspecified atom stereocenters. The van der Waals surface area contributed by atoms with Gasteiger partial charge in [0.05, 0.1) is 32.1 Å². The Morgan fingerprint density at radius 2 is 1.84 bits per heavy atom. The number of rotatable bonds is 5. The molecule has 0 radical (unpaired) electrons. The summed E-state index contributed by atoms with van der Waals surface area (Å²) >= 11 is 0. The lowest BCUT2D eigenvalue weighted by Crippen LogP contribution is -3.12. The van der Waals surface area contributed by atoms with Gasteiger partial charge in [-0.15, -0.1) is 0 Å². The molecule has 0 aliphatic carbocycles. The van der Waals surface area contributed by atoms with Crippen molar-refractivity contribution in [2.75, 3.05) is 26.2 Å². The molecule has 0 aromatic carbocycles. The summed E-state index contributed by atoms with van der Waals surface area (Å²) in [6, 6.07) is 0. The smallest absolute Gasteiger partial charge is 0.233 e. The van der Waals surface area contributed by atoms with Gasteiger partial charge in [0, 0.05) is 5.70 Å². The molecule has 1 rings (SSSR count). The summed E-state index contributed by atoms with van der Waals surface area (Å²) in [5.74, 6) is 0.220. The highest BCUT2D eigenvalue weighted by molar-refractivity contribution is 5.82. The van der Waals surface area contributed by atoms with Gasteiger partial charge in [0.25, 0.3) is 0 Å². The molecule has 1 heterocycles. The zero-order valence-electron chi connectivity index (χ0n) is 12.8. The van der Waals surface area contributed by atoms with Crippen molar-refractivity contribution in [1.29, 1.82) is 0 Å². The molecule has 4 heteroatoms. The van der Waals surface area contributed by atoms with Crippen molar-refractivity contribution in [3.05, 3.63) is 23.4 Å². The Balaban J connectivity index is 0.00000324. The van der Waals surface area contributed by atoms with E-state index in [0.29, 0.717) is 0 Å². The largest absolute Gasteiger partial charge is 1.00 e. The molecule has 0 aromatic rings. The highest BCUT2D eigenvalue weighted by atomic mass is 35.5. The molecule has 1 amide bonds. The van der Waals surface area contributed by atoms with E-state index in [1.807, 2.05) is 18.7 Å². The topological polar surface area (TPSA) is 24.8 Å². The van der Waals surface area contributed by atoms with E-state index < -0.39 is 0 Å². The van der Waals surface area contributed by atoms with Crippen molar-refractivity contribution in [3.63, 3.8) is 0 Å². The fourth-order valence-corrected chi connectivity index (χ4v) is 2.50. The molecule has 110 valence electrons. The summed E-state index contributed by atoms with van der Waals surface area (Å²) in [6.45, 7) is 14.6. The number of nitrogens with one attached hydrogen (secondary N) is 1. The highest BCUT2D eigenvalue weighted by Crippen LogP contribution is 2.18. The third kappa shape index (κ3) is 5.00. The third-order valence-electron chi connectivity index (χ3n) is 3.72. The maximum atomic E-state index is 12.3. The van der Waals surface area contributed by atoms with Crippen molar-refractivity contribution in [2.24, 2.45) is 5.92 Å². The summed E-state index contributed by atoms with van der Waals surface area (Å²) in [5, 5.41) is 0. The zero-order valence-corrected chi connectivity index (χ0v) is 13.5. The molecule has 0 saturated carbocycles. The Hall–Kier alpha value is -0.800. The normalized spacial score (nSPS) is 19.8. The maximum Gasteiger partial charge on any atom is 0.233 e. The van der Waals surface area contributed by atoms with E-state index in [9.17, 15) is 4.79 Å². The quantitative estimate of drug-likeness (QED) is 0.637. The van der Waals surface area contributed by atoms with Crippen LogP contribution in [0.4, 0.5) is 0 Å². The van der Waals surface area contributed by atoms with Crippen LogP contribution in [0.2, 0.25) is 0 Å². The number of hydrogen-bond acceptors (Lipinski definition) is 1. The lowest BCUT2D eigenvalue weighted by molar-refractivity contribution is -0.895. The molecule has 1 aliphatic heterocycles. The van der Waals surface area contributed by atoms with Gasteiger partial charge in [0.1, 0.15) is 0 Å². The maximum absolute atomic E-state index is 12.3. The molecule has 0 saturated heterocycles. The molecule has 0 fully saturated rings. The van der Waals surface area contributed by atoms with Crippen LogP contribution in [-0.4, -0.2) is 37.0 Å². The summed E-state index contributed by atoms with van der Waals surface area (Å²) in [4.78, 5) is 15.8. The molecule has 3 nitrogen and oxygen atoms in total. The van der Waals surface area contributed by atoms with Gasteiger partial charge in [0.15, 0.2) is 0 Å². The average molecular weight is 287 g/mol. The molecule has 0 bridgehead atoms. The van der Waals surface area contributed by atoms with E-state index in [4.69, 9.17) is 0 Å². The number of allylic oxidation sites excluding steroid dienone is 3. The van der Waals surface area contributed by atoms with Crippen molar-refractivity contribution in [1.82, 2.24) is 4.90 Å². The number of halogens is 1. The summed E-state index contributed by atoms with van der Waals surface area (Å²) in [6.07, 6.45) is 4.16. The van der Waals surface area contributed by atoms with E-state index in [2.05, 4.69) is 32.9 Å². The van der Waals surface area contributed by atoms with Gasteiger partial charge in [-0.2, -0.15) is 0 Å². The van der Waals surface area contributed by atoms with Crippen LogP contribution in [0, 0.1) is 5.92 Å². The van der Waals surface area contributed by atoms with E-state index in [1.165, 1.54) is 10.5 Å². The fourth-order valence-electron chi connectivity index (χ4n) is 2.50. The molecular formula is C15H27ClN2O. The minimum atomic E-state index is -0.00889. The van der Waals surface area contributed by atoms with Gasteiger partial charge < -0.3 is 22.2 Å². The molecule has 19 heavy (non-hydrogen) atoms. The second kappa shape index (κ2) is 8.39. The van der Waals surface area contributed by atoms with E-state index >= 15 is 0 Å². The summed E-state index contributed by atoms with van der Waals surface area (Å²) in [5.41, 5.74) is 2.26. The van der Waals surface area contributed by atoms with Crippen LogP contribution in [0.5, 0.6) is 0 Å². The number of amides is 1. The first-order chi connectivity index (χ1) is 8.49. The number of hydrogen-bond donors (Lipinski definition) is 1. The minimum absolute atomic E-state index is 0. The zero-order chi connectivity index (χ0) is 13.7. The van der Waals surface area contributed by atoms with E-state index in [-0.39, 0.29) is 24.2 Å². The van der Waals surface area contributed by atoms with E-state index in [0.717, 1.165) is 31.9 Å². The molecule has 1 N–H and O–H groups in total. The van der Waals surface area contributed by atoms with Crippen LogP contribution in [0.1, 0.15) is 34.6 Å². The molecule has 1 aliphatic rings. The lowest BCUT2D eigenvalue weighted by Gasteiger charge is -2.26. The van der Waals surface area contributed by atoms with Crippen molar-refractivity contribution in [3.8, 4) is 0 Å². The molecular weight excluding hydrogens is 260 g/mol. The second-order valence-corrected chi connectivity index (χ2v) is 5.18. The number of carbonyl (C=O) groups is 1. The number of quaternary nitrogens is 1. The van der Waals surface area contributed by atoms with Gasteiger partial charge in [-0.3, -0.25) is 4.79 Å². The van der Waals surface area contributed by atoms with Gasteiger partial charge in [-0.05, 0) is 33.8 Å². The van der Waals surface area contributed by atoms with Crippen LogP contribution in [0.25, 0.3) is 0 Å². The number of carbonyl (C=O) groups excluding carboxylic acids is 1. The molecule has 0 aromatic heterocycles. The van der Waals surface area contributed by atoms with Gasteiger partial charge in [0.2, 0.25) is 5.91 Å². The first kappa shape index (κ1) is 18.2. The van der Waals surface area contributed by atoms with Crippen molar-refractivity contribution >= 4 is 5.91 Å².